The summed E-state index contributed by atoms with van der Waals surface area (Å²) in [6.45, 7) is 4.47. The maximum atomic E-state index is 3.64. The van der Waals surface area contributed by atoms with Crippen molar-refractivity contribution in [2.45, 2.75) is 51.2 Å². The molecule has 3 heteroatoms. The van der Waals surface area contributed by atoms with E-state index in [0.29, 0.717) is 12.1 Å². The van der Waals surface area contributed by atoms with E-state index in [4.69, 9.17) is 0 Å². The molecule has 1 aromatic carbocycles. The molecule has 112 valence electrons. The molecule has 0 radical (unpaired) electrons. The highest BCUT2D eigenvalue weighted by Gasteiger charge is 2.15. The number of hydrogen-bond donors (Lipinski definition) is 2. The van der Waals surface area contributed by atoms with Crippen LogP contribution in [-0.4, -0.2) is 37.6 Å². The van der Waals surface area contributed by atoms with Gasteiger partial charge in [-0.25, -0.2) is 0 Å². The molecule has 1 aliphatic rings. The Hall–Kier alpha value is -1.06. The largest absolute Gasteiger partial charge is 0.383 e. The molecule has 0 saturated carbocycles. The van der Waals surface area contributed by atoms with Crippen molar-refractivity contribution in [1.82, 2.24) is 10.2 Å². The van der Waals surface area contributed by atoms with Crippen molar-refractivity contribution in [3.8, 4) is 0 Å². The molecule has 2 unspecified atom stereocenters. The van der Waals surface area contributed by atoms with Crippen molar-refractivity contribution in [2.24, 2.45) is 0 Å². The fourth-order valence-electron chi connectivity index (χ4n) is 3.02. The van der Waals surface area contributed by atoms with Crippen molar-refractivity contribution in [1.29, 1.82) is 0 Å². The minimum absolute atomic E-state index is 0.514. The van der Waals surface area contributed by atoms with E-state index < -0.39 is 0 Å². The lowest BCUT2D eigenvalue weighted by Crippen LogP contribution is -2.37. The fraction of sp³-hybridized carbons (Fsp3) is 0.647. The van der Waals surface area contributed by atoms with Gasteiger partial charge in [0.1, 0.15) is 0 Å². The maximum absolute atomic E-state index is 3.64. The first-order valence-electron chi connectivity index (χ1n) is 7.87. The van der Waals surface area contributed by atoms with Crippen molar-refractivity contribution in [3.05, 3.63) is 29.8 Å². The molecule has 0 spiro atoms. The van der Waals surface area contributed by atoms with Crippen molar-refractivity contribution >= 4 is 5.69 Å². The van der Waals surface area contributed by atoms with Crippen molar-refractivity contribution in [2.75, 3.05) is 26.0 Å². The molecule has 2 atom stereocenters. The highest BCUT2D eigenvalue weighted by atomic mass is 15.0. The number of nitrogens with one attached hydrogen (secondary N) is 2. The standard InChI is InChI=1S/C17H29N3/c1-14(11-16-8-4-5-10-18-16)19-17-9-6-7-15(12-17)13-20(2)3/h6-7,9,12,14,16,18-19H,4-5,8,10-11,13H2,1-3H3. The Bertz CT molecular complexity index is 397. The van der Waals surface area contributed by atoms with Crippen LogP contribution in [0.3, 0.4) is 0 Å². The van der Waals surface area contributed by atoms with Gasteiger partial charge < -0.3 is 15.5 Å². The lowest BCUT2D eigenvalue weighted by molar-refractivity contribution is 0.371. The summed E-state index contributed by atoms with van der Waals surface area (Å²) in [5.41, 5.74) is 2.61. The Morgan fingerprint density at radius 2 is 2.20 bits per heavy atom. The predicted molar refractivity (Wildman–Crippen MR) is 87.2 cm³/mol. The number of hydrogen-bond acceptors (Lipinski definition) is 3. The van der Waals surface area contributed by atoms with Crippen molar-refractivity contribution in [3.63, 3.8) is 0 Å². The van der Waals surface area contributed by atoms with E-state index in [-0.39, 0.29) is 0 Å². The second kappa shape index (κ2) is 7.65. The van der Waals surface area contributed by atoms with Crippen LogP contribution in [0.5, 0.6) is 0 Å². The van der Waals surface area contributed by atoms with Gasteiger partial charge in [-0.2, -0.15) is 0 Å². The molecule has 1 aliphatic heterocycles. The highest BCUT2D eigenvalue weighted by molar-refractivity contribution is 5.46. The number of rotatable bonds is 6. The third-order valence-electron chi connectivity index (χ3n) is 3.89. The third kappa shape index (κ3) is 5.14. The summed E-state index contributed by atoms with van der Waals surface area (Å²) in [5, 5.41) is 7.27. The van der Waals surface area contributed by atoms with E-state index in [0.717, 1.165) is 6.54 Å². The first-order valence-corrected chi connectivity index (χ1v) is 7.87. The molecule has 1 fully saturated rings. The van der Waals surface area contributed by atoms with Crippen LogP contribution in [0.1, 0.15) is 38.2 Å². The van der Waals surface area contributed by atoms with Crippen LogP contribution in [-0.2, 0) is 6.54 Å². The van der Waals surface area contributed by atoms with E-state index in [2.05, 4.69) is 60.8 Å². The number of piperidine rings is 1. The predicted octanol–water partition coefficient (Wildman–Crippen LogP) is 3.08. The quantitative estimate of drug-likeness (QED) is 0.835. The summed E-state index contributed by atoms with van der Waals surface area (Å²) in [6, 6.07) is 9.98. The first-order chi connectivity index (χ1) is 9.63. The van der Waals surface area contributed by atoms with Crippen LogP contribution in [0.2, 0.25) is 0 Å². The molecule has 1 saturated heterocycles. The van der Waals surface area contributed by atoms with Crippen LogP contribution in [0.4, 0.5) is 5.69 Å². The number of benzene rings is 1. The second-order valence-corrected chi connectivity index (χ2v) is 6.37. The molecule has 2 N–H and O–H groups in total. The number of nitrogens with zero attached hydrogens (tertiary/aromatic N) is 1. The smallest absolute Gasteiger partial charge is 0.0345 e. The average molecular weight is 275 g/mol. The first kappa shape index (κ1) is 15.3. The summed E-state index contributed by atoms with van der Waals surface area (Å²) in [5.74, 6) is 0. The normalized spacial score (nSPS) is 20.9. The number of anilines is 1. The zero-order valence-electron chi connectivity index (χ0n) is 13.2. The summed E-state index contributed by atoms with van der Waals surface area (Å²) in [6.07, 6.45) is 5.25. The zero-order chi connectivity index (χ0) is 14.4. The van der Waals surface area contributed by atoms with Gasteiger partial charge in [-0.15, -0.1) is 0 Å². The highest BCUT2D eigenvalue weighted by Crippen LogP contribution is 2.17. The Balaban J connectivity index is 1.85. The molecular formula is C17H29N3. The second-order valence-electron chi connectivity index (χ2n) is 6.37. The summed E-state index contributed by atoms with van der Waals surface area (Å²) >= 11 is 0. The molecule has 3 nitrogen and oxygen atoms in total. The lowest BCUT2D eigenvalue weighted by atomic mass is 9.98. The van der Waals surface area contributed by atoms with Gasteiger partial charge in [-0.1, -0.05) is 18.6 Å². The maximum Gasteiger partial charge on any atom is 0.0345 e. The molecule has 0 aromatic heterocycles. The molecule has 1 heterocycles. The molecular weight excluding hydrogens is 246 g/mol. The molecule has 1 aromatic rings. The Morgan fingerprint density at radius 1 is 1.35 bits per heavy atom. The Kier molecular flexibility index (Phi) is 5.86. The topological polar surface area (TPSA) is 27.3 Å². The van der Waals surface area contributed by atoms with E-state index in [9.17, 15) is 0 Å². The molecule has 2 rings (SSSR count). The van der Waals surface area contributed by atoms with Gasteiger partial charge in [0.05, 0.1) is 0 Å². The van der Waals surface area contributed by atoms with Gasteiger partial charge in [-0.05, 0) is 64.5 Å². The van der Waals surface area contributed by atoms with Gasteiger partial charge >= 0.3 is 0 Å². The van der Waals surface area contributed by atoms with Gasteiger partial charge in [0.15, 0.2) is 0 Å². The lowest BCUT2D eigenvalue weighted by Gasteiger charge is -2.27. The Labute approximate surface area is 123 Å². The van der Waals surface area contributed by atoms with Crippen LogP contribution >= 0.6 is 0 Å². The van der Waals surface area contributed by atoms with Crippen LogP contribution in [0.25, 0.3) is 0 Å². The average Bonchev–Trinajstić information content (AvgIpc) is 2.39. The zero-order valence-corrected chi connectivity index (χ0v) is 13.2. The fourth-order valence-corrected chi connectivity index (χ4v) is 3.02. The molecule has 0 amide bonds. The van der Waals surface area contributed by atoms with Gasteiger partial charge in [0.2, 0.25) is 0 Å². The molecule has 20 heavy (non-hydrogen) atoms. The summed E-state index contributed by atoms with van der Waals surface area (Å²) < 4.78 is 0. The monoisotopic (exact) mass is 275 g/mol. The summed E-state index contributed by atoms with van der Waals surface area (Å²) in [7, 11) is 4.22. The summed E-state index contributed by atoms with van der Waals surface area (Å²) in [4.78, 5) is 2.20. The van der Waals surface area contributed by atoms with E-state index in [1.807, 2.05) is 0 Å². The van der Waals surface area contributed by atoms with Crippen molar-refractivity contribution < 1.29 is 0 Å². The van der Waals surface area contributed by atoms with E-state index in [1.165, 1.54) is 43.5 Å². The van der Waals surface area contributed by atoms with Crippen LogP contribution in [0, 0.1) is 0 Å². The minimum Gasteiger partial charge on any atom is -0.383 e. The SMILES string of the molecule is CC(CC1CCCCN1)Nc1cccc(CN(C)C)c1. The van der Waals surface area contributed by atoms with E-state index in [1.54, 1.807) is 0 Å². The van der Waals surface area contributed by atoms with Gasteiger partial charge in [0, 0.05) is 24.3 Å². The van der Waals surface area contributed by atoms with Crippen LogP contribution < -0.4 is 10.6 Å². The van der Waals surface area contributed by atoms with E-state index >= 15 is 0 Å². The minimum atomic E-state index is 0.514. The Morgan fingerprint density at radius 3 is 2.90 bits per heavy atom. The van der Waals surface area contributed by atoms with Crippen LogP contribution in [0.15, 0.2) is 24.3 Å². The van der Waals surface area contributed by atoms with Gasteiger partial charge in [-0.3, -0.25) is 0 Å². The molecule has 0 aliphatic carbocycles. The molecule has 0 bridgehead atoms. The third-order valence-corrected chi connectivity index (χ3v) is 3.89. The van der Waals surface area contributed by atoms with Gasteiger partial charge in [0.25, 0.3) is 0 Å².